The van der Waals surface area contributed by atoms with Crippen molar-refractivity contribution in [3.8, 4) is 0 Å². The summed E-state index contributed by atoms with van der Waals surface area (Å²) in [6, 6.07) is 16.8. The fourth-order valence-corrected chi connectivity index (χ4v) is 3.57. The minimum absolute atomic E-state index is 0.115. The van der Waals surface area contributed by atoms with Crippen molar-refractivity contribution in [2.45, 2.75) is 37.8 Å². The molecule has 0 aliphatic heterocycles. The first kappa shape index (κ1) is 13.0. The van der Waals surface area contributed by atoms with Crippen molar-refractivity contribution in [2.75, 3.05) is 0 Å². The first-order chi connectivity index (χ1) is 10.3. The summed E-state index contributed by atoms with van der Waals surface area (Å²) in [5.74, 6) is 0.646. The Morgan fingerprint density at radius 3 is 2.57 bits per heavy atom. The van der Waals surface area contributed by atoms with Gasteiger partial charge in [0, 0.05) is 12.1 Å². The monoisotopic (exact) mass is 281 g/mol. The first-order valence-electron chi connectivity index (χ1n) is 7.90. The fraction of sp³-hybridized carbons (Fsp3) is 0.368. The van der Waals surface area contributed by atoms with E-state index < -0.39 is 0 Å². The van der Waals surface area contributed by atoms with Gasteiger partial charge in [0.1, 0.15) is 5.82 Å². The molecule has 0 saturated heterocycles. The van der Waals surface area contributed by atoms with E-state index in [2.05, 4.69) is 35.6 Å². The second-order valence-corrected chi connectivity index (χ2v) is 6.33. The minimum atomic E-state index is -0.115. The van der Waals surface area contributed by atoms with Gasteiger partial charge >= 0.3 is 0 Å². The third-order valence-electron chi connectivity index (χ3n) is 4.82. The highest BCUT2D eigenvalue weighted by Gasteiger charge is 2.35. The van der Waals surface area contributed by atoms with Crippen LogP contribution in [0.15, 0.2) is 48.5 Å². The summed E-state index contributed by atoms with van der Waals surface area (Å²) >= 11 is 0. The van der Waals surface area contributed by atoms with Crippen LogP contribution in [0.25, 0.3) is 0 Å². The Morgan fingerprint density at radius 2 is 1.81 bits per heavy atom. The Morgan fingerprint density at radius 1 is 1.00 bits per heavy atom. The Bertz CT molecular complexity index is 633. The topological polar surface area (TPSA) is 12.0 Å². The summed E-state index contributed by atoms with van der Waals surface area (Å²) < 4.78 is 13.3. The Hall–Kier alpha value is -1.67. The zero-order valence-corrected chi connectivity index (χ0v) is 12.1. The van der Waals surface area contributed by atoms with Gasteiger partial charge in [0.2, 0.25) is 0 Å². The molecule has 21 heavy (non-hydrogen) atoms. The number of halogens is 1. The number of hydrogen-bond donors (Lipinski definition) is 1. The van der Waals surface area contributed by atoms with Gasteiger partial charge in [-0.15, -0.1) is 0 Å². The molecule has 4 rings (SSSR count). The van der Waals surface area contributed by atoms with Crippen molar-refractivity contribution in [3.05, 3.63) is 71.0 Å². The minimum Gasteiger partial charge on any atom is -0.303 e. The van der Waals surface area contributed by atoms with Crippen LogP contribution in [0.1, 0.15) is 48.0 Å². The lowest BCUT2D eigenvalue weighted by molar-refractivity contribution is 0.408. The summed E-state index contributed by atoms with van der Waals surface area (Å²) in [6.07, 6.45) is 4.69. The summed E-state index contributed by atoms with van der Waals surface area (Å²) in [5.41, 5.74) is 3.85. The molecular weight excluding hydrogens is 261 g/mol. The summed E-state index contributed by atoms with van der Waals surface area (Å²) in [5, 5.41) is 3.85. The molecule has 1 N–H and O–H groups in total. The van der Waals surface area contributed by atoms with Crippen LogP contribution in [0.3, 0.4) is 0 Å². The maximum atomic E-state index is 13.3. The second kappa shape index (κ2) is 5.27. The molecule has 1 saturated carbocycles. The fourth-order valence-electron chi connectivity index (χ4n) is 3.57. The average molecular weight is 281 g/mol. The largest absolute Gasteiger partial charge is 0.303 e. The van der Waals surface area contributed by atoms with Crippen LogP contribution >= 0.6 is 0 Å². The molecular formula is C19H20FN. The maximum Gasteiger partial charge on any atom is 0.123 e. The van der Waals surface area contributed by atoms with E-state index in [9.17, 15) is 4.39 Å². The molecule has 2 aromatic carbocycles. The normalized spacial score (nSPS) is 22.0. The van der Waals surface area contributed by atoms with Crippen molar-refractivity contribution in [1.29, 1.82) is 0 Å². The highest BCUT2D eigenvalue weighted by atomic mass is 19.1. The van der Waals surface area contributed by atoms with Gasteiger partial charge in [-0.2, -0.15) is 0 Å². The summed E-state index contributed by atoms with van der Waals surface area (Å²) in [7, 11) is 0. The van der Waals surface area contributed by atoms with E-state index in [1.54, 1.807) is 12.1 Å². The van der Waals surface area contributed by atoms with Crippen LogP contribution in [-0.2, 0) is 6.42 Å². The van der Waals surface area contributed by atoms with Crippen molar-refractivity contribution in [2.24, 2.45) is 5.92 Å². The molecule has 0 bridgehead atoms. The predicted octanol–water partition coefficient (Wildman–Crippen LogP) is 4.55. The number of aryl methyl sites for hydroxylation is 1. The highest BCUT2D eigenvalue weighted by Crippen LogP contribution is 2.43. The quantitative estimate of drug-likeness (QED) is 0.866. The zero-order valence-electron chi connectivity index (χ0n) is 12.1. The van der Waals surface area contributed by atoms with Crippen LogP contribution < -0.4 is 5.32 Å². The van der Waals surface area contributed by atoms with Crippen molar-refractivity contribution < 1.29 is 4.39 Å². The molecule has 2 unspecified atom stereocenters. The number of fused-ring (bicyclic) bond motifs is 1. The molecule has 108 valence electrons. The van der Waals surface area contributed by atoms with E-state index in [0.29, 0.717) is 12.1 Å². The summed E-state index contributed by atoms with van der Waals surface area (Å²) in [6.45, 7) is 0. The van der Waals surface area contributed by atoms with Crippen LogP contribution in [-0.4, -0.2) is 0 Å². The van der Waals surface area contributed by atoms with E-state index in [-0.39, 0.29) is 5.82 Å². The molecule has 1 nitrogen and oxygen atoms in total. The van der Waals surface area contributed by atoms with Gasteiger partial charge in [0.25, 0.3) is 0 Å². The Labute approximate surface area is 125 Å². The Kier molecular flexibility index (Phi) is 3.27. The van der Waals surface area contributed by atoms with Crippen molar-refractivity contribution in [3.63, 3.8) is 0 Å². The molecule has 0 spiro atoms. The number of benzene rings is 2. The maximum absolute atomic E-state index is 13.3. The van der Waals surface area contributed by atoms with Gasteiger partial charge in [-0.25, -0.2) is 4.39 Å². The molecule has 0 amide bonds. The number of hydrogen-bond acceptors (Lipinski definition) is 1. The lowest BCUT2D eigenvalue weighted by Crippen LogP contribution is -2.26. The molecule has 0 aromatic heterocycles. The Balaban J connectivity index is 1.58. The second-order valence-electron chi connectivity index (χ2n) is 6.33. The van der Waals surface area contributed by atoms with E-state index in [4.69, 9.17) is 0 Å². The van der Waals surface area contributed by atoms with Crippen LogP contribution in [0.2, 0.25) is 0 Å². The SMILES string of the molecule is Fc1ccc2c(c1)CCC2NC(c1ccccc1)C1CC1. The standard InChI is InChI=1S/C19H20FN/c20-16-9-10-17-15(12-16)8-11-18(17)21-19(14-6-7-14)13-4-2-1-3-5-13/h1-5,9-10,12,14,18-19,21H,6-8,11H2. The molecule has 1 fully saturated rings. The third-order valence-corrected chi connectivity index (χ3v) is 4.82. The first-order valence-corrected chi connectivity index (χ1v) is 7.90. The predicted molar refractivity (Wildman–Crippen MR) is 82.5 cm³/mol. The molecule has 2 aromatic rings. The molecule has 2 aliphatic rings. The molecule has 0 heterocycles. The molecule has 0 radical (unpaired) electrons. The average Bonchev–Trinajstić information content (AvgIpc) is 3.27. The summed E-state index contributed by atoms with van der Waals surface area (Å²) in [4.78, 5) is 0. The van der Waals surface area contributed by atoms with Gasteiger partial charge in [0.05, 0.1) is 0 Å². The lowest BCUT2D eigenvalue weighted by Gasteiger charge is -2.24. The van der Waals surface area contributed by atoms with Crippen molar-refractivity contribution in [1.82, 2.24) is 5.32 Å². The zero-order chi connectivity index (χ0) is 14.2. The number of nitrogens with one attached hydrogen (secondary N) is 1. The van der Waals surface area contributed by atoms with Gasteiger partial charge in [-0.05, 0) is 60.4 Å². The van der Waals surface area contributed by atoms with Gasteiger partial charge < -0.3 is 5.32 Å². The molecule has 2 atom stereocenters. The lowest BCUT2D eigenvalue weighted by atomic mass is 9.99. The van der Waals surface area contributed by atoms with Gasteiger partial charge in [-0.1, -0.05) is 36.4 Å². The van der Waals surface area contributed by atoms with E-state index >= 15 is 0 Å². The van der Waals surface area contributed by atoms with Crippen LogP contribution in [0.4, 0.5) is 4.39 Å². The van der Waals surface area contributed by atoms with Crippen LogP contribution in [0.5, 0.6) is 0 Å². The van der Waals surface area contributed by atoms with Gasteiger partial charge in [0.15, 0.2) is 0 Å². The van der Waals surface area contributed by atoms with E-state index in [1.165, 1.54) is 29.5 Å². The smallest absolute Gasteiger partial charge is 0.123 e. The highest BCUT2D eigenvalue weighted by molar-refractivity contribution is 5.35. The van der Waals surface area contributed by atoms with Crippen LogP contribution in [0, 0.1) is 11.7 Å². The molecule has 2 heteroatoms. The van der Waals surface area contributed by atoms with E-state index in [1.807, 2.05) is 6.07 Å². The van der Waals surface area contributed by atoms with Crippen molar-refractivity contribution >= 4 is 0 Å². The van der Waals surface area contributed by atoms with Gasteiger partial charge in [-0.3, -0.25) is 0 Å². The third kappa shape index (κ3) is 2.60. The van der Waals surface area contributed by atoms with E-state index in [0.717, 1.165) is 18.8 Å². The number of rotatable bonds is 4. The molecule has 2 aliphatic carbocycles.